The lowest BCUT2D eigenvalue weighted by atomic mass is 9.84. The van der Waals surface area contributed by atoms with Crippen LogP contribution < -0.4 is 15.4 Å². The largest absolute Gasteiger partial charge is 0.479 e. The van der Waals surface area contributed by atoms with Crippen LogP contribution in [-0.2, 0) is 0 Å². The third kappa shape index (κ3) is 4.03. The molecule has 0 spiro atoms. The highest BCUT2D eigenvalue weighted by Gasteiger charge is 2.29. The highest BCUT2D eigenvalue weighted by atomic mass is 19.1. The highest BCUT2D eigenvalue weighted by Crippen LogP contribution is 2.35. The molecule has 10 nitrogen and oxygen atoms in total. The number of pyridine rings is 1. The summed E-state index contributed by atoms with van der Waals surface area (Å²) in [6.45, 7) is 1.82. The van der Waals surface area contributed by atoms with Gasteiger partial charge < -0.3 is 20.5 Å². The average Bonchev–Trinajstić information content (AvgIpc) is 3.40. The monoisotopic (exact) mass is 485 g/mol. The van der Waals surface area contributed by atoms with Gasteiger partial charge in [0.2, 0.25) is 11.8 Å². The van der Waals surface area contributed by atoms with Crippen molar-refractivity contribution in [1.29, 1.82) is 0 Å². The molecule has 4 heterocycles. The molecule has 12 heteroatoms. The van der Waals surface area contributed by atoms with Gasteiger partial charge in [0.1, 0.15) is 11.2 Å². The average molecular weight is 485 g/mol. The van der Waals surface area contributed by atoms with Crippen molar-refractivity contribution in [2.75, 3.05) is 19.5 Å². The van der Waals surface area contributed by atoms with Crippen molar-refractivity contribution in [1.82, 2.24) is 29.3 Å². The fourth-order valence-electron chi connectivity index (χ4n) is 4.54. The third-order valence-corrected chi connectivity index (χ3v) is 6.45. The molecule has 3 N–H and O–H groups in total. The Hall–Kier alpha value is -3.80. The molecule has 4 aromatic heterocycles. The standard InChI is InChI=1S/C23H25F2N7O3/c1-23(34)6-4-13(5-7-23)28-22-29-21(35-3)18-17(15(25)11-32(18)30-22)12-8-14(24)19-27-9-16(20(33)26-2)31(19)10-12/h8-11,13,34H,4-7H2,1-3H3,(H,26,33)(H,28,30)/t13-,23+. The molecule has 1 aliphatic rings. The molecular weight excluding hydrogens is 460 g/mol. The molecule has 5 rings (SSSR count). The van der Waals surface area contributed by atoms with Gasteiger partial charge in [0.15, 0.2) is 17.3 Å². The lowest BCUT2D eigenvalue weighted by Crippen LogP contribution is -2.36. The maximum absolute atomic E-state index is 15.2. The number of hydrogen-bond donors (Lipinski definition) is 3. The molecule has 1 fully saturated rings. The van der Waals surface area contributed by atoms with Crippen LogP contribution in [0, 0.1) is 11.6 Å². The second-order valence-corrected chi connectivity index (χ2v) is 9.00. The zero-order chi connectivity index (χ0) is 24.9. The maximum atomic E-state index is 15.2. The van der Waals surface area contributed by atoms with E-state index in [1.165, 1.54) is 41.7 Å². The molecule has 35 heavy (non-hydrogen) atoms. The van der Waals surface area contributed by atoms with Crippen LogP contribution in [0.5, 0.6) is 5.88 Å². The number of hydrogen-bond acceptors (Lipinski definition) is 7. The molecule has 1 amide bonds. The number of methoxy groups -OCH3 is 1. The molecule has 0 saturated heterocycles. The zero-order valence-corrected chi connectivity index (χ0v) is 19.5. The number of carbonyl (C=O) groups is 1. The third-order valence-electron chi connectivity index (χ3n) is 6.45. The van der Waals surface area contributed by atoms with E-state index in [2.05, 4.69) is 25.7 Å². The number of nitrogens with zero attached hydrogens (tertiary/aromatic N) is 5. The Labute approximate surface area is 198 Å². The van der Waals surface area contributed by atoms with E-state index in [4.69, 9.17) is 4.74 Å². The lowest BCUT2D eigenvalue weighted by Gasteiger charge is -2.33. The fraction of sp³-hybridized carbons (Fsp3) is 0.391. The number of rotatable bonds is 5. The number of anilines is 1. The normalized spacial score (nSPS) is 20.3. The summed E-state index contributed by atoms with van der Waals surface area (Å²) in [7, 11) is 2.86. The van der Waals surface area contributed by atoms with Crippen LogP contribution in [0.1, 0.15) is 43.1 Å². The topological polar surface area (TPSA) is 118 Å². The SMILES string of the molecule is CNC(=O)c1cnc2c(F)cc(-c3c(F)cn4nc(N[C@H]5CC[C@@](C)(O)CC5)nc(OC)c34)cn12. The smallest absolute Gasteiger partial charge is 0.269 e. The Bertz CT molecular complexity index is 1440. The molecule has 0 radical (unpaired) electrons. The first-order chi connectivity index (χ1) is 16.7. The Morgan fingerprint density at radius 2 is 2.00 bits per heavy atom. The van der Waals surface area contributed by atoms with Gasteiger partial charge >= 0.3 is 0 Å². The number of aliphatic hydroxyl groups is 1. The van der Waals surface area contributed by atoms with E-state index >= 15 is 4.39 Å². The molecule has 184 valence electrons. The van der Waals surface area contributed by atoms with Gasteiger partial charge in [-0.05, 0) is 38.7 Å². The van der Waals surface area contributed by atoms with E-state index < -0.39 is 23.1 Å². The van der Waals surface area contributed by atoms with Crippen molar-refractivity contribution in [3.8, 4) is 17.0 Å². The molecule has 0 unspecified atom stereocenters. The minimum Gasteiger partial charge on any atom is -0.479 e. The predicted octanol–water partition coefficient (Wildman–Crippen LogP) is 2.80. The Morgan fingerprint density at radius 1 is 1.26 bits per heavy atom. The summed E-state index contributed by atoms with van der Waals surface area (Å²) in [5.74, 6) is -1.49. The van der Waals surface area contributed by atoms with Gasteiger partial charge in [-0.2, -0.15) is 4.98 Å². The number of carbonyl (C=O) groups excluding carboxylic acids is 1. The number of halogens is 2. The van der Waals surface area contributed by atoms with Crippen molar-refractivity contribution in [2.24, 2.45) is 0 Å². The van der Waals surface area contributed by atoms with Gasteiger partial charge in [0, 0.05) is 24.8 Å². The summed E-state index contributed by atoms with van der Waals surface area (Å²) in [6, 6.07) is 1.20. The first kappa shape index (κ1) is 23.0. The number of fused-ring (bicyclic) bond motifs is 2. The van der Waals surface area contributed by atoms with E-state index in [0.29, 0.717) is 12.8 Å². The Morgan fingerprint density at radius 3 is 2.69 bits per heavy atom. The molecular formula is C23H25F2N7O3. The van der Waals surface area contributed by atoms with Crippen molar-refractivity contribution in [3.63, 3.8) is 0 Å². The van der Waals surface area contributed by atoms with Gasteiger partial charge in [-0.25, -0.2) is 18.3 Å². The van der Waals surface area contributed by atoms with Gasteiger partial charge in [0.25, 0.3) is 5.91 Å². The van der Waals surface area contributed by atoms with E-state index in [0.717, 1.165) is 18.9 Å². The summed E-state index contributed by atoms with van der Waals surface area (Å²) in [5, 5.41) is 20.3. The number of nitrogens with one attached hydrogen (secondary N) is 2. The van der Waals surface area contributed by atoms with E-state index in [1.807, 2.05) is 6.92 Å². The first-order valence-electron chi connectivity index (χ1n) is 11.2. The fourth-order valence-corrected chi connectivity index (χ4v) is 4.54. The molecule has 1 aliphatic carbocycles. The summed E-state index contributed by atoms with van der Waals surface area (Å²) < 4.78 is 38.1. The van der Waals surface area contributed by atoms with Crippen LogP contribution in [0.3, 0.4) is 0 Å². The van der Waals surface area contributed by atoms with Gasteiger partial charge in [-0.3, -0.25) is 9.20 Å². The van der Waals surface area contributed by atoms with E-state index in [9.17, 15) is 14.3 Å². The van der Waals surface area contributed by atoms with Crippen LogP contribution in [-0.4, -0.2) is 60.8 Å². The van der Waals surface area contributed by atoms with E-state index in [-0.39, 0.29) is 45.9 Å². The molecule has 0 bridgehead atoms. The second kappa shape index (κ2) is 8.45. The molecule has 0 aliphatic heterocycles. The summed E-state index contributed by atoms with van der Waals surface area (Å²) in [4.78, 5) is 20.6. The van der Waals surface area contributed by atoms with Crippen LogP contribution >= 0.6 is 0 Å². The molecule has 1 saturated carbocycles. The quantitative estimate of drug-likeness (QED) is 0.398. The number of amides is 1. The minimum atomic E-state index is -0.720. The van der Waals surface area contributed by atoms with Crippen LogP contribution in [0.25, 0.3) is 22.3 Å². The lowest BCUT2D eigenvalue weighted by molar-refractivity contribution is 0.0195. The molecule has 0 aromatic carbocycles. The summed E-state index contributed by atoms with van der Waals surface area (Å²) in [6.07, 6.45) is 6.62. The second-order valence-electron chi connectivity index (χ2n) is 9.00. The Kier molecular flexibility index (Phi) is 5.55. The first-order valence-corrected chi connectivity index (χ1v) is 11.2. The number of aromatic nitrogens is 5. The van der Waals surface area contributed by atoms with Crippen molar-refractivity contribution in [3.05, 3.63) is 42.0 Å². The van der Waals surface area contributed by atoms with Crippen molar-refractivity contribution in [2.45, 2.75) is 44.2 Å². The van der Waals surface area contributed by atoms with Gasteiger partial charge in [-0.15, -0.1) is 5.10 Å². The van der Waals surface area contributed by atoms with Gasteiger partial charge in [-0.1, -0.05) is 0 Å². The van der Waals surface area contributed by atoms with Crippen molar-refractivity contribution >= 4 is 23.0 Å². The highest BCUT2D eigenvalue weighted by molar-refractivity contribution is 5.93. The van der Waals surface area contributed by atoms with Gasteiger partial charge in [0.05, 0.1) is 30.7 Å². The van der Waals surface area contributed by atoms with E-state index in [1.54, 1.807) is 0 Å². The number of imidazole rings is 1. The van der Waals surface area contributed by atoms with Crippen molar-refractivity contribution < 1.29 is 23.4 Å². The number of ether oxygens (including phenoxy) is 1. The zero-order valence-electron chi connectivity index (χ0n) is 19.5. The Balaban J connectivity index is 1.58. The predicted molar refractivity (Wildman–Crippen MR) is 124 cm³/mol. The summed E-state index contributed by atoms with van der Waals surface area (Å²) in [5.41, 5.74) is -0.231. The van der Waals surface area contributed by atoms with Crippen LogP contribution in [0.2, 0.25) is 0 Å². The van der Waals surface area contributed by atoms with Crippen LogP contribution in [0.15, 0.2) is 24.7 Å². The summed E-state index contributed by atoms with van der Waals surface area (Å²) >= 11 is 0. The molecule has 0 atom stereocenters. The minimum absolute atomic E-state index is 0.0273. The molecule has 4 aromatic rings. The maximum Gasteiger partial charge on any atom is 0.269 e. The van der Waals surface area contributed by atoms with Crippen LogP contribution in [0.4, 0.5) is 14.7 Å².